The van der Waals surface area contributed by atoms with Crippen LogP contribution in [-0.2, 0) is 9.84 Å². The van der Waals surface area contributed by atoms with Gasteiger partial charge in [0.25, 0.3) is 5.91 Å². The number of sulfone groups is 1. The minimum Gasteiger partial charge on any atom is -0.348 e. The smallest absolute Gasteiger partial charge is 0.251 e. The molecule has 1 fully saturated rings. The predicted octanol–water partition coefficient (Wildman–Crippen LogP) is 1.76. The number of hydrogen-bond acceptors (Lipinski definition) is 3. The molecule has 2 aromatic carbocycles. The van der Waals surface area contributed by atoms with Gasteiger partial charge in [-0.05, 0) is 29.3 Å². The van der Waals surface area contributed by atoms with E-state index in [4.69, 9.17) is 0 Å². The Kier molecular flexibility index (Phi) is 3.22. The summed E-state index contributed by atoms with van der Waals surface area (Å²) < 4.78 is 22.8. The van der Waals surface area contributed by atoms with Gasteiger partial charge in [0, 0.05) is 11.6 Å². The molecule has 4 nitrogen and oxygen atoms in total. The highest BCUT2D eigenvalue weighted by Gasteiger charge is 2.29. The lowest BCUT2D eigenvalue weighted by molar-refractivity contribution is 0.0941. The van der Waals surface area contributed by atoms with E-state index < -0.39 is 9.84 Å². The minimum absolute atomic E-state index is 0.0479. The van der Waals surface area contributed by atoms with Crippen molar-refractivity contribution in [3.63, 3.8) is 0 Å². The maximum atomic E-state index is 12.1. The molecule has 0 saturated carbocycles. The Labute approximate surface area is 117 Å². The molecule has 5 heteroatoms. The molecular weight excluding hydrogens is 274 g/mol. The van der Waals surface area contributed by atoms with E-state index in [2.05, 4.69) is 5.32 Å². The molecule has 0 aliphatic carbocycles. The van der Waals surface area contributed by atoms with E-state index in [-0.39, 0.29) is 23.5 Å². The number of benzene rings is 2. The van der Waals surface area contributed by atoms with Crippen LogP contribution in [0, 0.1) is 0 Å². The number of fused-ring (bicyclic) bond motifs is 1. The van der Waals surface area contributed by atoms with Gasteiger partial charge in [-0.25, -0.2) is 8.42 Å². The van der Waals surface area contributed by atoms with E-state index in [1.54, 1.807) is 6.07 Å². The Morgan fingerprint density at radius 2 is 1.85 bits per heavy atom. The molecule has 0 unspecified atom stereocenters. The largest absolute Gasteiger partial charge is 0.348 e. The fourth-order valence-corrected chi connectivity index (χ4v) is 4.18. The zero-order valence-corrected chi connectivity index (χ0v) is 11.7. The fourth-order valence-electron chi connectivity index (χ4n) is 2.51. The summed E-state index contributed by atoms with van der Waals surface area (Å²) in [4.78, 5) is 12.1. The van der Waals surface area contributed by atoms with Gasteiger partial charge in [-0.1, -0.05) is 30.3 Å². The van der Waals surface area contributed by atoms with Gasteiger partial charge in [-0.3, -0.25) is 4.79 Å². The van der Waals surface area contributed by atoms with E-state index in [1.165, 1.54) is 0 Å². The molecule has 1 amide bonds. The molecule has 1 heterocycles. The molecule has 1 saturated heterocycles. The van der Waals surface area contributed by atoms with E-state index >= 15 is 0 Å². The predicted molar refractivity (Wildman–Crippen MR) is 78.5 cm³/mol. The third kappa shape index (κ3) is 2.67. The minimum atomic E-state index is -2.97. The Balaban J connectivity index is 1.79. The van der Waals surface area contributed by atoms with Crippen LogP contribution in [-0.4, -0.2) is 31.9 Å². The van der Waals surface area contributed by atoms with Crippen LogP contribution in [0.4, 0.5) is 0 Å². The summed E-state index contributed by atoms with van der Waals surface area (Å²) in [5.74, 6) is -0.0000154. The number of amides is 1. The van der Waals surface area contributed by atoms with E-state index in [1.807, 2.05) is 36.4 Å². The maximum Gasteiger partial charge on any atom is 0.251 e. The number of rotatable bonds is 2. The highest BCUT2D eigenvalue weighted by atomic mass is 32.2. The average Bonchev–Trinajstić information content (AvgIpc) is 2.77. The molecule has 0 aromatic heterocycles. The zero-order valence-electron chi connectivity index (χ0n) is 10.9. The Morgan fingerprint density at radius 3 is 2.55 bits per heavy atom. The second-order valence-corrected chi connectivity index (χ2v) is 7.36. The van der Waals surface area contributed by atoms with Crippen LogP contribution >= 0.6 is 0 Å². The first-order chi connectivity index (χ1) is 9.53. The van der Waals surface area contributed by atoms with Crippen LogP contribution in [0.2, 0.25) is 0 Å². The van der Waals surface area contributed by atoms with Crippen LogP contribution in [0.1, 0.15) is 16.8 Å². The third-order valence-corrected chi connectivity index (χ3v) is 5.35. The van der Waals surface area contributed by atoms with Crippen molar-refractivity contribution in [2.75, 3.05) is 11.5 Å². The molecule has 1 N–H and O–H groups in total. The van der Waals surface area contributed by atoms with Crippen molar-refractivity contribution >= 4 is 26.5 Å². The lowest BCUT2D eigenvalue weighted by atomic mass is 10.1. The standard InChI is InChI=1S/C15H15NO3S/c17-15(16-14-7-8-20(18,19)10-14)13-6-5-11-3-1-2-4-12(11)9-13/h1-6,9,14H,7-8,10H2,(H,16,17)/t14-/m0/s1. The Hall–Kier alpha value is -1.88. The lowest BCUT2D eigenvalue weighted by Gasteiger charge is -2.11. The first-order valence-electron chi connectivity index (χ1n) is 6.54. The van der Waals surface area contributed by atoms with Crippen molar-refractivity contribution in [1.82, 2.24) is 5.32 Å². The van der Waals surface area contributed by atoms with Gasteiger partial charge in [-0.2, -0.15) is 0 Å². The normalized spacial score (nSPS) is 20.9. The van der Waals surface area contributed by atoms with Gasteiger partial charge in [0.1, 0.15) is 0 Å². The van der Waals surface area contributed by atoms with Crippen molar-refractivity contribution in [2.45, 2.75) is 12.5 Å². The number of nitrogens with one attached hydrogen (secondary N) is 1. The van der Waals surface area contributed by atoms with Crippen LogP contribution in [0.5, 0.6) is 0 Å². The first kappa shape index (κ1) is 13.1. The van der Waals surface area contributed by atoms with Crippen LogP contribution in [0.25, 0.3) is 10.8 Å². The van der Waals surface area contributed by atoms with Gasteiger partial charge in [-0.15, -0.1) is 0 Å². The van der Waals surface area contributed by atoms with E-state index in [0.717, 1.165) is 10.8 Å². The average molecular weight is 289 g/mol. The molecule has 0 spiro atoms. The highest BCUT2D eigenvalue weighted by Crippen LogP contribution is 2.17. The van der Waals surface area contributed by atoms with Gasteiger partial charge in [0.05, 0.1) is 11.5 Å². The van der Waals surface area contributed by atoms with Crippen molar-refractivity contribution in [3.05, 3.63) is 48.0 Å². The molecule has 0 bridgehead atoms. The summed E-state index contributed by atoms with van der Waals surface area (Å²) in [6, 6.07) is 13.0. The molecule has 1 aliphatic rings. The van der Waals surface area contributed by atoms with Gasteiger partial charge >= 0.3 is 0 Å². The molecule has 1 atom stereocenters. The molecule has 0 radical (unpaired) electrons. The summed E-state index contributed by atoms with van der Waals surface area (Å²) in [5, 5.41) is 4.87. The van der Waals surface area contributed by atoms with Gasteiger partial charge in [0.15, 0.2) is 9.84 Å². The molecule has 3 rings (SSSR count). The maximum absolute atomic E-state index is 12.1. The van der Waals surface area contributed by atoms with Gasteiger partial charge in [0.2, 0.25) is 0 Å². The summed E-state index contributed by atoms with van der Waals surface area (Å²) in [7, 11) is -2.97. The molecule has 104 valence electrons. The van der Waals surface area contributed by atoms with Crippen LogP contribution < -0.4 is 5.32 Å². The van der Waals surface area contributed by atoms with Crippen molar-refractivity contribution in [3.8, 4) is 0 Å². The number of hydrogen-bond donors (Lipinski definition) is 1. The van der Waals surface area contributed by atoms with E-state index in [0.29, 0.717) is 12.0 Å². The summed E-state index contributed by atoms with van der Waals surface area (Å²) >= 11 is 0. The van der Waals surface area contributed by atoms with Crippen molar-refractivity contribution in [1.29, 1.82) is 0 Å². The SMILES string of the molecule is O=C(N[C@H]1CCS(=O)(=O)C1)c1ccc2ccccc2c1. The second-order valence-electron chi connectivity index (χ2n) is 5.14. The Bertz CT molecular complexity index is 768. The first-order valence-corrected chi connectivity index (χ1v) is 8.36. The second kappa shape index (κ2) is 4.90. The highest BCUT2D eigenvalue weighted by molar-refractivity contribution is 7.91. The zero-order chi connectivity index (χ0) is 14.2. The number of carbonyl (C=O) groups excluding carboxylic acids is 1. The molecule has 2 aromatic rings. The quantitative estimate of drug-likeness (QED) is 0.916. The van der Waals surface area contributed by atoms with Crippen LogP contribution in [0.15, 0.2) is 42.5 Å². The molecule has 1 aliphatic heterocycles. The topological polar surface area (TPSA) is 63.2 Å². The lowest BCUT2D eigenvalue weighted by Crippen LogP contribution is -2.35. The summed E-state index contributed by atoms with van der Waals surface area (Å²) in [5.41, 5.74) is 0.563. The van der Waals surface area contributed by atoms with Crippen molar-refractivity contribution in [2.24, 2.45) is 0 Å². The Morgan fingerprint density at radius 1 is 1.10 bits per heavy atom. The number of carbonyl (C=O) groups is 1. The summed E-state index contributed by atoms with van der Waals surface area (Å²) in [6.07, 6.45) is 0.502. The third-order valence-electron chi connectivity index (χ3n) is 3.58. The van der Waals surface area contributed by atoms with E-state index in [9.17, 15) is 13.2 Å². The monoisotopic (exact) mass is 289 g/mol. The molecular formula is C15H15NO3S. The van der Waals surface area contributed by atoms with Crippen molar-refractivity contribution < 1.29 is 13.2 Å². The van der Waals surface area contributed by atoms with Crippen LogP contribution in [0.3, 0.4) is 0 Å². The summed E-state index contributed by atoms with van der Waals surface area (Å²) in [6.45, 7) is 0. The fraction of sp³-hybridized carbons (Fsp3) is 0.267. The van der Waals surface area contributed by atoms with Gasteiger partial charge < -0.3 is 5.32 Å². The molecule has 20 heavy (non-hydrogen) atoms.